The van der Waals surface area contributed by atoms with E-state index in [0.717, 1.165) is 8.95 Å². The van der Waals surface area contributed by atoms with Gasteiger partial charge in [-0.05, 0) is 52.3 Å². The van der Waals surface area contributed by atoms with Crippen molar-refractivity contribution in [2.45, 2.75) is 0 Å². The molecule has 1 aromatic carbocycles. The minimum atomic E-state index is -0.539. The smallest absolute Gasteiger partial charge is 0.334 e. The first-order valence-electron chi connectivity index (χ1n) is 6.93. The highest BCUT2D eigenvalue weighted by molar-refractivity contribution is 9.10. The summed E-state index contributed by atoms with van der Waals surface area (Å²) in [7, 11) is 0. The lowest BCUT2D eigenvalue weighted by Gasteiger charge is -2.09. The Balaban J connectivity index is 1.94. The summed E-state index contributed by atoms with van der Waals surface area (Å²) in [4.78, 5) is 23.1. The quantitative estimate of drug-likeness (QED) is 0.412. The molecular formula is C15H10Br2N6O2. The molecule has 0 aliphatic carbocycles. The molecule has 25 heavy (non-hydrogen) atoms. The van der Waals surface area contributed by atoms with Crippen molar-refractivity contribution in [1.82, 2.24) is 15.0 Å². The molecule has 10 heteroatoms. The van der Waals surface area contributed by atoms with Gasteiger partial charge in [-0.2, -0.15) is 0 Å². The van der Waals surface area contributed by atoms with Gasteiger partial charge in [0.25, 0.3) is 0 Å². The number of halogens is 2. The van der Waals surface area contributed by atoms with Gasteiger partial charge < -0.3 is 10.6 Å². The molecule has 0 radical (unpaired) electrons. The Hall–Kier alpha value is -2.59. The summed E-state index contributed by atoms with van der Waals surface area (Å²) >= 11 is 6.63. The maximum Gasteiger partial charge on any atom is 0.353 e. The van der Waals surface area contributed by atoms with Crippen molar-refractivity contribution >= 4 is 60.7 Å². The summed E-state index contributed by atoms with van der Waals surface area (Å²) in [6.07, 6.45) is 2.83. The maximum atomic E-state index is 11.5. The molecular weight excluding hydrogens is 456 g/mol. The molecule has 0 fully saturated rings. The number of hydrogen-bond acceptors (Lipinski definition) is 7. The third-order valence-electron chi connectivity index (χ3n) is 3.09. The van der Waals surface area contributed by atoms with Crippen LogP contribution in [0.5, 0.6) is 0 Å². The fourth-order valence-electron chi connectivity index (χ4n) is 1.98. The predicted molar refractivity (Wildman–Crippen MR) is 101 cm³/mol. The topological polar surface area (TPSA) is 106 Å². The number of anilines is 4. The highest BCUT2D eigenvalue weighted by Crippen LogP contribution is 2.32. The first-order valence-corrected chi connectivity index (χ1v) is 8.52. The molecule has 3 aromatic rings. The maximum absolute atomic E-state index is 11.5. The summed E-state index contributed by atoms with van der Waals surface area (Å²) in [6, 6.07) is 10.6. The van der Waals surface area contributed by atoms with Crippen LogP contribution in [-0.2, 0) is 0 Å². The normalized spacial score (nSPS) is 10.3. The Morgan fingerprint density at radius 1 is 0.880 bits per heavy atom. The standard InChI is InChI=1S/C15H10Br2N6O2/c16-9-1-4-11(5-2-9)21-14-13(23(24)25)15(20-8-19-14)22-12-6-3-10(17)7-18-12/h1-8H,(H2,18,19,20,21,22). The SMILES string of the molecule is O=[N+]([O-])c1c(Nc2ccc(Br)cc2)ncnc1Nc1ccc(Br)cn1. The minimum absolute atomic E-state index is 0.0504. The van der Waals surface area contributed by atoms with E-state index in [-0.39, 0.29) is 17.3 Å². The molecule has 0 spiro atoms. The average Bonchev–Trinajstić information content (AvgIpc) is 2.59. The van der Waals surface area contributed by atoms with Gasteiger partial charge in [-0.15, -0.1) is 0 Å². The Morgan fingerprint density at radius 2 is 1.52 bits per heavy atom. The van der Waals surface area contributed by atoms with Crippen molar-refractivity contribution in [1.29, 1.82) is 0 Å². The lowest BCUT2D eigenvalue weighted by molar-refractivity contribution is -0.383. The molecule has 0 bridgehead atoms. The van der Waals surface area contributed by atoms with Crippen LogP contribution in [-0.4, -0.2) is 19.9 Å². The van der Waals surface area contributed by atoms with Crippen LogP contribution in [0.25, 0.3) is 0 Å². The Kier molecular flexibility index (Phi) is 5.19. The lowest BCUT2D eigenvalue weighted by Crippen LogP contribution is -2.06. The van der Waals surface area contributed by atoms with Gasteiger partial charge in [-0.1, -0.05) is 15.9 Å². The van der Waals surface area contributed by atoms with E-state index in [1.165, 1.54) is 6.33 Å². The van der Waals surface area contributed by atoms with Gasteiger partial charge in [0.2, 0.25) is 11.6 Å². The third-order valence-corrected chi connectivity index (χ3v) is 4.08. The molecule has 8 nitrogen and oxygen atoms in total. The van der Waals surface area contributed by atoms with Gasteiger partial charge in [0.05, 0.1) is 4.92 Å². The fourth-order valence-corrected chi connectivity index (χ4v) is 2.47. The Labute approximate surface area is 159 Å². The number of nitro groups is 1. The Morgan fingerprint density at radius 3 is 2.12 bits per heavy atom. The first-order chi connectivity index (χ1) is 12.0. The van der Waals surface area contributed by atoms with Gasteiger partial charge in [-0.25, -0.2) is 15.0 Å². The summed E-state index contributed by atoms with van der Waals surface area (Å²) < 4.78 is 1.70. The van der Waals surface area contributed by atoms with E-state index >= 15 is 0 Å². The second-order valence-electron chi connectivity index (χ2n) is 4.80. The van der Waals surface area contributed by atoms with Crippen LogP contribution in [0.3, 0.4) is 0 Å². The minimum Gasteiger partial charge on any atom is -0.334 e. The molecule has 0 saturated heterocycles. The van der Waals surface area contributed by atoms with Crippen molar-refractivity contribution in [3.05, 3.63) is 68.0 Å². The highest BCUT2D eigenvalue weighted by Gasteiger charge is 2.23. The summed E-state index contributed by atoms with van der Waals surface area (Å²) in [6.45, 7) is 0. The summed E-state index contributed by atoms with van der Waals surface area (Å²) in [5, 5.41) is 17.3. The zero-order chi connectivity index (χ0) is 17.8. The van der Waals surface area contributed by atoms with E-state index < -0.39 is 4.92 Å². The van der Waals surface area contributed by atoms with Crippen LogP contribution < -0.4 is 10.6 Å². The van der Waals surface area contributed by atoms with Crippen molar-refractivity contribution in [3.8, 4) is 0 Å². The number of nitrogens with one attached hydrogen (secondary N) is 2. The van der Waals surface area contributed by atoms with Gasteiger partial charge in [0, 0.05) is 20.8 Å². The van der Waals surface area contributed by atoms with E-state index in [2.05, 4.69) is 57.4 Å². The summed E-state index contributed by atoms with van der Waals surface area (Å²) in [5.74, 6) is 0.566. The molecule has 2 aromatic heterocycles. The van der Waals surface area contributed by atoms with E-state index in [0.29, 0.717) is 11.5 Å². The molecule has 0 unspecified atom stereocenters. The van der Waals surface area contributed by atoms with Crippen molar-refractivity contribution in [3.63, 3.8) is 0 Å². The predicted octanol–water partition coefficient (Wildman–Crippen LogP) is 4.79. The lowest BCUT2D eigenvalue weighted by atomic mass is 10.3. The zero-order valence-electron chi connectivity index (χ0n) is 12.5. The van der Waals surface area contributed by atoms with Gasteiger partial charge in [-0.3, -0.25) is 10.1 Å². The van der Waals surface area contributed by atoms with E-state index in [1.54, 1.807) is 30.5 Å². The molecule has 3 rings (SSSR count). The van der Waals surface area contributed by atoms with Crippen molar-refractivity contribution < 1.29 is 4.92 Å². The molecule has 0 atom stereocenters. The molecule has 2 heterocycles. The van der Waals surface area contributed by atoms with Crippen LogP contribution in [0, 0.1) is 10.1 Å². The first kappa shape index (κ1) is 17.2. The number of nitrogens with zero attached hydrogens (tertiary/aromatic N) is 4. The van der Waals surface area contributed by atoms with Gasteiger partial charge in [0.1, 0.15) is 12.1 Å². The van der Waals surface area contributed by atoms with Crippen molar-refractivity contribution in [2.24, 2.45) is 0 Å². The van der Waals surface area contributed by atoms with E-state index in [1.807, 2.05) is 12.1 Å². The van der Waals surface area contributed by atoms with Crippen LogP contribution in [0.2, 0.25) is 0 Å². The number of aromatic nitrogens is 3. The second kappa shape index (κ2) is 7.53. The Bertz CT molecular complexity index is 837. The molecule has 0 amide bonds. The van der Waals surface area contributed by atoms with E-state index in [4.69, 9.17) is 0 Å². The van der Waals surface area contributed by atoms with Crippen LogP contribution in [0.4, 0.5) is 28.8 Å². The molecule has 0 saturated carbocycles. The third kappa shape index (κ3) is 4.28. The van der Waals surface area contributed by atoms with Gasteiger partial charge in [0.15, 0.2) is 0 Å². The second-order valence-corrected chi connectivity index (χ2v) is 6.63. The average molecular weight is 466 g/mol. The molecule has 126 valence electrons. The number of pyridine rings is 1. The molecule has 0 aliphatic rings. The summed E-state index contributed by atoms with van der Waals surface area (Å²) in [5.41, 5.74) is 0.396. The van der Waals surface area contributed by atoms with Crippen LogP contribution in [0.1, 0.15) is 0 Å². The zero-order valence-corrected chi connectivity index (χ0v) is 15.7. The highest BCUT2D eigenvalue weighted by atomic mass is 79.9. The molecule has 2 N–H and O–H groups in total. The molecule has 0 aliphatic heterocycles. The fraction of sp³-hybridized carbons (Fsp3) is 0. The largest absolute Gasteiger partial charge is 0.353 e. The van der Waals surface area contributed by atoms with Gasteiger partial charge >= 0.3 is 5.69 Å². The number of benzene rings is 1. The number of hydrogen-bond donors (Lipinski definition) is 2. The number of rotatable bonds is 5. The van der Waals surface area contributed by atoms with Crippen LogP contribution >= 0.6 is 31.9 Å². The monoisotopic (exact) mass is 464 g/mol. The van der Waals surface area contributed by atoms with Crippen molar-refractivity contribution in [2.75, 3.05) is 10.6 Å². The van der Waals surface area contributed by atoms with Crippen LogP contribution in [0.15, 0.2) is 57.9 Å². The van der Waals surface area contributed by atoms with E-state index in [9.17, 15) is 10.1 Å².